The van der Waals surface area contributed by atoms with Gasteiger partial charge in [-0.15, -0.1) is 0 Å². The van der Waals surface area contributed by atoms with Gasteiger partial charge in [0.25, 0.3) is 0 Å². The van der Waals surface area contributed by atoms with E-state index in [1.54, 1.807) is 6.07 Å². The molecule has 0 amide bonds. The lowest BCUT2D eigenvalue weighted by Crippen LogP contribution is -1.98. The van der Waals surface area contributed by atoms with E-state index in [1.165, 1.54) is 24.0 Å². The van der Waals surface area contributed by atoms with E-state index in [9.17, 15) is 9.90 Å². The van der Waals surface area contributed by atoms with Crippen LogP contribution < -0.4 is 0 Å². The van der Waals surface area contributed by atoms with Crippen molar-refractivity contribution in [2.45, 2.75) is 38.0 Å². The number of carboxylic acids is 1. The molecule has 3 nitrogen and oxygen atoms in total. The maximum absolute atomic E-state index is 11.4. The number of carboxylic acid groups (broad SMARTS) is 1. The van der Waals surface area contributed by atoms with Crippen molar-refractivity contribution in [3.8, 4) is 11.3 Å². The Bertz CT molecular complexity index is 695. The number of aromatic carboxylic acids is 1. The number of hydrogen-bond donors (Lipinski definition) is 2. The quantitative estimate of drug-likeness (QED) is 0.890. The SMILES string of the molecule is O=C(O)c1cc(-c2ccc3c(c2)CCC3)[nH]c1C1CC1. The zero-order chi connectivity index (χ0) is 13.7. The number of nitrogens with one attached hydrogen (secondary N) is 1. The summed E-state index contributed by atoms with van der Waals surface area (Å²) in [6.07, 6.45) is 5.76. The zero-order valence-corrected chi connectivity index (χ0v) is 11.3. The van der Waals surface area contributed by atoms with E-state index in [0.29, 0.717) is 11.5 Å². The van der Waals surface area contributed by atoms with Crippen molar-refractivity contribution in [3.05, 3.63) is 46.6 Å². The fraction of sp³-hybridized carbons (Fsp3) is 0.353. The maximum atomic E-state index is 11.4. The molecular weight excluding hydrogens is 250 g/mol. The minimum absolute atomic E-state index is 0.421. The first-order chi connectivity index (χ1) is 9.72. The minimum Gasteiger partial charge on any atom is -0.478 e. The first-order valence-corrected chi connectivity index (χ1v) is 7.31. The van der Waals surface area contributed by atoms with Crippen LogP contribution in [0.4, 0.5) is 0 Å². The maximum Gasteiger partial charge on any atom is 0.337 e. The molecule has 0 unspecified atom stereocenters. The predicted molar refractivity (Wildman–Crippen MR) is 77.2 cm³/mol. The largest absolute Gasteiger partial charge is 0.478 e. The smallest absolute Gasteiger partial charge is 0.337 e. The third-order valence-electron chi connectivity index (χ3n) is 4.47. The van der Waals surface area contributed by atoms with Gasteiger partial charge in [0.15, 0.2) is 0 Å². The average molecular weight is 267 g/mol. The summed E-state index contributed by atoms with van der Waals surface area (Å²) in [5.41, 5.74) is 6.28. The van der Waals surface area contributed by atoms with Gasteiger partial charge in [0, 0.05) is 11.4 Å². The number of hydrogen-bond acceptors (Lipinski definition) is 1. The van der Waals surface area contributed by atoms with Gasteiger partial charge in [-0.3, -0.25) is 0 Å². The summed E-state index contributed by atoms with van der Waals surface area (Å²) in [5, 5.41) is 9.34. The molecule has 4 rings (SSSR count). The second-order valence-corrected chi connectivity index (χ2v) is 5.93. The molecule has 3 heteroatoms. The van der Waals surface area contributed by atoms with E-state index in [2.05, 4.69) is 23.2 Å². The minimum atomic E-state index is -0.824. The van der Waals surface area contributed by atoms with E-state index in [0.717, 1.165) is 36.2 Å². The monoisotopic (exact) mass is 267 g/mol. The predicted octanol–water partition coefficient (Wildman–Crippen LogP) is 3.75. The van der Waals surface area contributed by atoms with Crippen molar-refractivity contribution in [3.63, 3.8) is 0 Å². The number of aromatic amines is 1. The lowest BCUT2D eigenvalue weighted by atomic mass is 10.0. The summed E-state index contributed by atoms with van der Waals surface area (Å²) in [5.74, 6) is -0.403. The highest BCUT2D eigenvalue weighted by molar-refractivity contribution is 5.91. The Morgan fingerprint density at radius 3 is 2.70 bits per heavy atom. The Morgan fingerprint density at radius 2 is 1.95 bits per heavy atom. The molecule has 0 bridgehead atoms. The second kappa shape index (κ2) is 4.23. The van der Waals surface area contributed by atoms with Crippen LogP contribution in [0.2, 0.25) is 0 Å². The van der Waals surface area contributed by atoms with Gasteiger partial charge in [-0.25, -0.2) is 4.79 Å². The number of aryl methyl sites for hydroxylation is 2. The normalized spacial score (nSPS) is 17.2. The summed E-state index contributed by atoms with van der Waals surface area (Å²) >= 11 is 0. The van der Waals surface area contributed by atoms with Crippen molar-refractivity contribution in [2.75, 3.05) is 0 Å². The first kappa shape index (κ1) is 11.8. The van der Waals surface area contributed by atoms with Crippen LogP contribution in [0.25, 0.3) is 11.3 Å². The van der Waals surface area contributed by atoms with Gasteiger partial charge in [0.2, 0.25) is 0 Å². The second-order valence-electron chi connectivity index (χ2n) is 5.93. The average Bonchev–Trinajstić information content (AvgIpc) is 3.02. The molecule has 0 aliphatic heterocycles. The van der Waals surface area contributed by atoms with Crippen molar-refractivity contribution in [1.29, 1.82) is 0 Å². The van der Waals surface area contributed by atoms with Crippen LogP contribution in [0.5, 0.6) is 0 Å². The number of rotatable bonds is 3. The number of benzene rings is 1. The molecule has 1 saturated carbocycles. The van der Waals surface area contributed by atoms with Crippen LogP contribution >= 0.6 is 0 Å². The fourth-order valence-electron chi connectivity index (χ4n) is 3.24. The van der Waals surface area contributed by atoms with Gasteiger partial charge >= 0.3 is 5.97 Å². The molecule has 2 aliphatic rings. The molecule has 1 aromatic carbocycles. The zero-order valence-electron chi connectivity index (χ0n) is 11.3. The molecule has 1 heterocycles. The molecule has 2 N–H and O–H groups in total. The highest BCUT2D eigenvalue weighted by atomic mass is 16.4. The van der Waals surface area contributed by atoms with Gasteiger partial charge < -0.3 is 10.1 Å². The number of H-pyrrole nitrogens is 1. The van der Waals surface area contributed by atoms with Gasteiger partial charge in [-0.05, 0) is 66.8 Å². The molecule has 1 aromatic heterocycles. The summed E-state index contributed by atoms with van der Waals surface area (Å²) < 4.78 is 0. The van der Waals surface area contributed by atoms with E-state index >= 15 is 0 Å². The third-order valence-corrected chi connectivity index (χ3v) is 4.47. The van der Waals surface area contributed by atoms with Crippen molar-refractivity contribution in [1.82, 2.24) is 4.98 Å². The van der Waals surface area contributed by atoms with Crippen LogP contribution in [-0.4, -0.2) is 16.1 Å². The van der Waals surface area contributed by atoms with Crippen LogP contribution in [0, 0.1) is 0 Å². The van der Waals surface area contributed by atoms with Gasteiger partial charge in [-0.1, -0.05) is 12.1 Å². The summed E-state index contributed by atoms with van der Waals surface area (Å²) in [6.45, 7) is 0. The molecule has 0 radical (unpaired) electrons. The summed E-state index contributed by atoms with van der Waals surface area (Å²) in [4.78, 5) is 14.7. The first-order valence-electron chi connectivity index (χ1n) is 7.31. The lowest BCUT2D eigenvalue weighted by molar-refractivity contribution is 0.0696. The Morgan fingerprint density at radius 1 is 1.15 bits per heavy atom. The van der Waals surface area contributed by atoms with E-state index in [-0.39, 0.29) is 0 Å². The van der Waals surface area contributed by atoms with Gasteiger partial charge in [0.1, 0.15) is 0 Å². The summed E-state index contributed by atoms with van der Waals surface area (Å²) in [7, 11) is 0. The molecule has 1 fully saturated rings. The molecule has 0 saturated heterocycles. The molecule has 2 aromatic rings. The Balaban J connectivity index is 1.78. The Labute approximate surface area is 117 Å². The standard InChI is InChI=1S/C17H17NO2/c19-17(20)14-9-15(18-16(14)11-5-6-11)13-7-4-10-2-1-3-12(10)8-13/h4,7-9,11,18H,1-3,5-6H2,(H,19,20). The van der Waals surface area contributed by atoms with Crippen LogP contribution in [0.1, 0.15) is 52.4 Å². The van der Waals surface area contributed by atoms with Crippen molar-refractivity contribution in [2.24, 2.45) is 0 Å². The van der Waals surface area contributed by atoms with E-state index in [1.807, 2.05) is 0 Å². The van der Waals surface area contributed by atoms with E-state index < -0.39 is 5.97 Å². The van der Waals surface area contributed by atoms with Crippen LogP contribution in [-0.2, 0) is 12.8 Å². The van der Waals surface area contributed by atoms with Gasteiger partial charge in [0.05, 0.1) is 5.56 Å². The van der Waals surface area contributed by atoms with Gasteiger partial charge in [-0.2, -0.15) is 0 Å². The third kappa shape index (κ3) is 1.85. The lowest BCUT2D eigenvalue weighted by Gasteiger charge is -2.03. The molecule has 0 atom stereocenters. The summed E-state index contributed by atoms with van der Waals surface area (Å²) in [6, 6.07) is 8.32. The van der Waals surface area contributed by atoms with Crippen LogP contribution in [0.3, 0.4) is 0 Å². The molecule has 20 heavy (non-hydrogen) atoms. The number of fused-ring (bicyclic) bond motifs is 1. The van der Waals surface area contributed by atoms with Crippen LogP contribution in [0.15, 0.2) is 24.3 Å². The van der Waals surface area contributed by atoms with Crippen molar-refractivity contribution >= 4 is 5.97 Å². The molecule has 102 valence electrons. The highest BCUT2D eigenvalue weighted by Gasteiger charge is 2.30. The molecular formula is C17H17NO2. The fourth-order valence-corrected chi connectivity index (χ4v) is 3.24. The highest BCUT2D eigenvalue weighted by Crippen LogP contribution is 2.42. The number of aromatic nitrogens is 1. The Kier molecular flexibility index (Phi) is 2.49. The Hall–Kier alpha value is -2.03. The van der Waals surface area contributed by atoms with Crippen molar-refractivity contribution < 1.29 is 9.90 Å². The molecule has 0 spiro atoms. The van der Waals surface area contributed by atoms with E-state index in [4.69, 9.17) is 0 Å². The molecule has 2 aliphatic carbocycles. The topological polar surface area (TPSA) is 53.1 Å². The number of carbonyl (C=O) groups is 1.